The Morgan fingerprint density at radius 2 is 1.93 bits per heavy atom. The molecule has 0 bridgehead atoms. The number of nitrogens with zero attached hydrogens (tertiary/aromatic N) is 1. The maximum Gasteiger partial charge on any atom is 0.257 e. The molecule has 1 atom stereocenters. The number of benzene rings is 2. The molecular formula is C22H21Cl2N3O3. The number of amides is 2. The monoisotopic (exact) mass is 445 g/mol. The van der Waals surface area contributed by atoms with Crippen molar-refractivity contribution in [2.24, 2.45) is 4.99 Å². The third kappa shape index (κ3) is 5.27. The Bertz CT molecular complexity index is 1030. The summed E-state index contributed by atoms with van der Waals surface area (Å²) < 4.78 is 0. The molecule has 1 heterocycles. The van der Waals surface area contributed by atoms with Crippen LogP contribution < -0.4 is 10.6 Å². The number of aliphatic imine (C=N–C) groups is 1. The lowest BCUT2D eigenvalue weighted by Crippen LogP contribution is -2.35. The summed E-state index contributed by atoms with van der Waals surface area (Å²) in [6.07, 6.45) is 5.40. The van der Waals surface area contributed by atoms with Gasteiger partial charge in [-0.05, 0) is 56.2 Å². The molecule has 0 fully saturated rings. The molecule has 0 saturated carbocycles. The highest BCUT2D eigenvalue weighted by Gasteiger charge is 2.16. The highest BCUT2D eigenvalue weighted by molar-refractivity contribution is 6.35. The van der Waals surface area contributed by atoms with Crippen molar-refractivity contribution in [3.05, 3.63) is 75.4 Å². The Labute approximate surface area is 184 Å². The average molecular weight is 446 g/mol. The van der Waals surface area contributed by atoms with E-state index < -0.39 is 5.91 Å². The molecule has 8 heteroatoms. The van der Waals surface area contributed by atoms with Gasteiger partial charge < -0.3 is 15.7 Å². The lowest BCUT2D eigenvalue weighted by atomic mass is 10.0. The first-order valence-electron chi connectivity index (χ1n) is 9.43. The summed E-state index contributed by atoms with van der Waals surface area (Å²) in [6, 6.07) is 9.23. The van der Waals surface area contributed by atoms with Gasteiger partial charge in [0.05, 0.1) is 17.2 Å². The number of halogens is 2. The predicted molar refractivity (Wildman–Crippen MR) is 120 cm³/mol. The Morgan fingerprint density at radius 3 is 2.60 bits per heavy atom. The van der Waals surface area contributed by atoms with Crippen LogP contribution in [0.25, 0.3) is 0 Å². The van der Waals surface area contributed by atoms with Crippen molar-refractivity contribution < 1.29 is 14.7 Å². The van der Waals surface area contributed by atoms with E-state index in [1.807, 2.05) is 6.08 Å². The van der Waals surface area contributed by atoms with Gasteiger partial charge in [0.15, 0.2) is 0 Å². The second-order valence-corrected chi connectivity index (χ2v) is 7.71. The van der Waals surface area contributed by atoms with Crippen LogP contribution in [-0.4, -0.2) is 35.3 Å². The number of hydrogen-bond donors (Lipinski definition) is 3. The number of carbonyl (C=O) groups excluding carboxylic acids is 2. The third-order valence-electron chi connectivity index (χ3n) is 4.55. The Kier molecular flexibility index (Phi) is 7.26. The maximum absolute atomic E-state index is 12.7. The molecule has 0 spiro atoms. The largest absolute Gasteiger partial charge is 0.394 e. The molecule has 156 valence electrons. The molecule has 0 aromatic heterocycles. The van der Waals surface area contributed by atoms with Crippen LogP contribution in [0.15, 0.2) is 53.7 Å². The van der Waals surface area contributed by atoms with Crippen molar-refractivity contribution in [3.8, 4) is 0 Å². The number of allylic oxidation sites excluding steroid dienone is 1. The number of hydrogen-bond acceptors (Lipinski definition) is 4. The fourth-order valence-corrected chi connectivity index (χ4v) is 3.41. The second-order valence-electron chi connectivity index (χ2n) is 6.90. The second kappa shape index (κ2) is 9.89. The number of nitrogens with one attached hydrogen (secondary N) is 2. The van der Waals surface area contributed by atoms with E-state index in [-0.39, 0.29) is 29.1 Å². The fraction of sp³-hybridized carbons (Fsp3) is 0.227. The topological polar surface area (TPSA) is 90.8 Å². The summed E-state index contributed by atoms with van der Waals surface area (Å²) in [5.74, 6) is -0.788. The van der Waals surface area contributed by atoms with Crippen molar-refractivity contribution in [2.45, 2.75) is 25.8 Å². The fourth-order valence-electron chi connectivity index (χ4n) is 2.92. The molecule has 2 aromatic carbocycles. The zero-order chi connectivity index (χ0) is 21.7. The van der Waals surface area contributed by atoms with E-state index in [1.54, 1.807) is 31.3 Å². The molecule has 3 rings (SSSR count). The van der Waals surface area contributed by atoms with Crippen molar-refractivity contribution in [1.82, 2.24) is 5.32 Å². The van der Waals surface area contributed by atoms with Crippen molar-refractivity contribution in [3.63, 3.8) is 0 Å². The molecule has 2 amide bonds. The first kappa shape index (κ1) is 22.0. The molecule has 0 saturated heterocycles. The van der Waals surface area contributed by atoms with Crippen LogP contribution in [0.3, 0.4) is 0 Å². The van der Waals surface area contributed by atoms with Crippen LogP contribution in [0.5, 0.6) is 0 Å². The molecule has 0 radical (unpaired) electrons. The van der Waals surface area contributed by atoms with Crippen LogP contribution in [-0.2, 0) is 0 Å². The van der Waals surface area contributed by atoms with Gasteiger partial charge in [0.2, 0.25) is 0 Å². The van der Waals surface area contributed by atoms with Crippen LogP contribution in [0, 0.1) is 0 Å². The highest BCUT2D eigenvalue weighted by Crippen LogP contribution is 2.26. The number of anilines is 1. The number of aliphatic hydroxyl groups excluding tert-OH is 1. The molecule has 1 aliphatic rings. The lowest BCUT2D eigenvalue weighted by Gasteiger charge is -2.13. The number of aliphatic hydroxyl groups is 1. The van der Waals surface area contributed by atoms with Gasteiger partial charge in [-0.2, -0.15) is 0 Å². The molecule has 2 aromatic rings. The van der Waals surface area contributed by atoms with E-state index >= 15 is 0 Å². The van der Waals surface area contributed by atoms with Crippen molar-refractivity contribution in [2.75, 3.05) is 11.9 Å². The van der Waals surface area contributed by atoms with E-state index in [0.717, 1.165) is 24.1 Å². The molecule has 3 N–H and O–H groups in total. The summed E-state index contributed by atoms with van der Waals surface area (Å²) in [7, 11) is 0. The highest BCUT2D eigenvalue weighted by atomic mass is 35.5. The summed E-state index contributed by atoms with van der Waals surface area (Å²) in [5, 5.41) is 15.2. The van der Waals surface area contributed by atoms with Gasteiger partial charge in [-0.15, -0.1) is 0 Å². The minimum absolute atomic E-state index is 0.146. The Morgan fingerprint density at radius 1 is 1.13 bits per heavy atom. The van der Waals surface area contributed by atoms with E-state index in [9.17, 15) is 9.59 Å². The molecule has 1 aliphatic heterocycles. The zero-order valence-electron chi connectivity index (χ0n) is 16.3. The van der Waals surface area contributed by atoms with Gasteiger partial charge in [-0.3, -0.25) is 14.6 Å². The van der Waals surface area contributed by atoms with Gasteiger partial charge in [0.1, 0.15) is 0 Å². The molecule has 6 nitrogen and oxygen atoms in total. The molecule has 0 aliphatic carbocycles. The minimum Gasteiger partial charge on any atom is -0.394 e. The van der Waals surface area contributed by atoms with Crippen LogP contribution >= 0.6 is 23.2 Å². The van der Waals surface area contributed by atoms with Crippen LogP contribution in [0.2, 0.25) is 10.0 Å². The zero-order valence-corrected chi connectivity index (χ0v) is 17.8. The van der Waals surface area contributed by atoms with Crippen molar-refractivity contribution >= 4 is 46.4 Å². The molecular weight excluding hydrogens is 425 g/mol. The first-order valence-corrected chi connectivity index (χ1v) is 10.2. The smallest absolute Gasteiger partial charge is 0.257 e. The van der Waals surface area contributed by atoms with E-state index in [4.69, 9.17) is 28.3 Å². The number of rotatable bonds is 6. The maximum atomic E-state index is 12.7. The predicted octanol–water partition coefficient (Wildman–Crippen LogP) is 4.45. The van der Waals surface area contributed by atoms with Gasteiger partial charge in [-0.1, -0.05) is 29.3 Å². The molecule has 0 unspecified atom stereocenters. The van der Waals surface area contributed by atoms with Gasteiger partial charge >= 0.3 is 0 Å². The third-order valence-corrected chi connectivity index (χ3v) is 5.19. The van der Waals surface area contributed by atoms with E-state index in [2.05, 4.69) is 15.6 Å². The summed E-state index contributed by atoms with van der Waals surface area (Å²) in [5.41, 5.74) is 2.73. The Hall–Kier alpha value is -2.67. The summed E-state index contributed by atoms with van der Waals surface area (Å²) in [6.45, 7) is 1.50. The molecule has 30 heavy (non-hydrogen) atoms. The van der Waals surface area contributed by atoms with Crippen molar-refractivity contribution in [1.29, 1.82) is 0 Å². The van der Waals surface area contributed by atoms with Gasteiger partial charge in [0.25, 0.3) is 11.8 Å². The van der Waals surface area contributed by atoms with Crippen LogP contribution in [0.4, 0.5) is 5.69 Å². The lowest BCUT2D eigenvalue weighted by molar-refractivity contribution is 0.0921. The van der Waals surface area contributed by atoms with Gasteiger partial charge in [-0.25, -0.2) is 0 Å². The van der Waals surface area contributed by atoms with E-state index in [0.29, 0.717) is 16.3 Å². The summed E-state index contributed by atoms with van der Waals surface area (Å²) >= 11 is 12.6. The quantitative estimate of drug-likeness (QED) is 0.612. The van der Waals surface area contributed by atoms with Crippen LogP contribution in [0.1, 0.15) is 46.0 Å². The minimum atomic E-state index is -0.408. The summed E-state index contributed by atoms with van der Waals surface area (Å²) in [4.78, 5) is 29.2. The number of carbonyl (C=O) groups is 2. The SMILES string of the molecule is C[C@@H](CO)NC(=O)c1ccc(C(=O)Nc2ccc(Cl)c(C3=NC=CCC3)c2)c(Cl)c1. The standard InChI is InChI=1S/C22H21Cl2N3O3/c1-13(12-28)26-21(29)14-5-7-16(19(24)10-14)22(30)27-15-6-8-18(23)17(11-15)20-4-2-3-9-25-20/h3,5-11,13,28H,2,4,12H2,1H3,(H,26,29)(H,27,30)/t13-/m0/s1. The Balaban J connectivity index is 1.77. The first-order chi connectivity index (χ1) is 14.4. The average Bonchev–Trinajstić information content (AvgIpc) is 2.75. The van der Waals surface area contributed by atoms with E-state index in [1.165, 1.54) is 18.2 Å². The van der Waals surface area contributed by atoms with Gasteiger partial charge in [0, 0.05) is 39.8 Å². The normalized spacial score (nSPS) is 14.1.